The van der Waals surface area contributed by atoms with Crippen LogP contribution in [0.4, 0.5) is 5.69 Å². The van der Waals surface area contributed by atoms with Crippen LogP contribution in [0.2, 0.25) is 5.15 Å². The summed E-state index contributed by atoms with van der Waals surface area (Å²) in [5.74, 6) is -0.264. The lowest BCUT2D eigenvalue weighted by Crippen LogP contribution is -2.32. The van der Waals surface area contributed by atoms with E-state index in [1.54, 1.807) is 6.92 Å². The van der Waals surface area contributed by atoms with Gasteiger partial charge in [0.1, 0.15) is 5.15 Å². The van der Waals surface area contributed by atoms with Crippen LogP contribution in [0, 0.1) is 0 Å². The van der Waals surface area contributed by atoms with Crippen LogP contribution in [-0.2, 0) is 16.1 Å². The van der Waals surface area contributed by atoms with Crippen LogP contribution in [0.3, 0.4) is 0 Å². The number of carbonyl (C=O) groups is 1. The van der Waals surface area contributed by atoms with Gasteiger partial charge in [-0.25, -0.2) is 10.5 Å². The summed E-state index contributed by atoms with van der Waals surface area (Å²) in [5, 5.41) is 14.9. The van der Waals surface area contributed by atoms with Crippen LogP contribution in [0.25, 0.3) is 10.9 Å². The van der Waals surface area contributed by atoms with Gasteiger partial charge in [0.2, 0.25) is 5.91 Å². The number of hydrogen-bond donors (Lipinski definition) is 3. The molecule has 0 aliphatic rings. The number of nitrogens with zero attached hydrogens (tertiary/aromatic N) is 1. The van der Waals surface area contributed by atoms with Crippen molar-refractivity contribution < 1.29 is 14.7 Å². The Morgan fingerprint density at radius 3 is 2.80 bits per heavy atom. The molecule has 2 rings (SSSR count). The van der Waals surface area contributed by atoms with Crippen molar-refractivity contribution in [1.82, 2.24) is 10.5 Å². The Labute approximate surface area is 152 Å². The van der Waals surface area contributed by atoms with E-state index < -0.39 is 5.60 Å². The fourth-order valence-corrected chi connectivity index (χ4v) is 2.64. The molecular weight excluding hydrogens is 342 g/mol. The summed E-state index contributed by atoms with van der Waals surface area (Å²) in [7, 11) is 0. The molecule has 2 aromatic rings. The molecule has 0 bridgehead atoms. The van der Waals surface area contributed by atoms with E-state index in [1.807, 2.05) is 31.2 Å². The molecule has 1 unspecified atom stereocenters. The average Bonchev–Trinajstić information content (AvgIpc) is 2.57. The largest absolute Gasteiger partial charge is 0.388 e. The van der Waals surface area contributed by atoms with Crippen molar-refractivity contribution in [3.8, 4) is 0 Å². The Hall–Kier alpha value is -1.89. The second kappa shape index (κ2) is 8.47. The van der Waals surface area contributed by atoms with E-state index in [4.69, 9.17) is 16.4 Å². The second-order valence-corrected chi connectivity index (χ2v) is 6.59. The number of carbonyl (C=O) groups excluding carboxylic acids is 1. The van der Waals surface area contributed by atoms with Gasteiger partial charge in [-0.3, -0.25) is 9.63 Å². The first-order chi connectivity index (χ1) is 11.8. The third kappa shape index (κ3) is 5.29. The first-order valence-corrected chi connectivity index (χ1v) is 8.63. The van der Waals surface area contributed by atoms with Gasteiger partial charge in [0.15, 0.2) is 0 Å². The van der Waals surface area contributed by atoms with Crippen LogP contribution >= 0.6 is 11.6 Å². The molecule has 3 N–H and O–H groups in total. The highest BCUT2D eigenvalue weighted by molar-refractivity contribution is 6.31. The molecule has 0 aliphatic carbocycles. The highest BCUT2D eigenvalue weighted by Gasteiger charge is 2.20. The molecule has 1 aromatic heterocycles. The van der Waals surface area contributed by atoms with Gasteiger partial charge in [-0.05, 0) is 19.4 Å². The number of nitrogens with one attached hydrogen (secondary N) is 2. The predicted octanol–water partition coefficient (Wildman–Crippen LogP) is 3.07. The van der Waals surface area contributed by atoms with E-state index in [9.17, 15) is 9.90 Å². The molecule has 0 fully saturated rings. The molecule has 0 spiro atoms. The minimum Gasteiger partial charge on any atom is -0.388 e. The van der Waals surface area contributed by atoms with Crippen molar-refractivity contribution in [2.75, 3.05) is 18.5 Å². The van der Waals surface area contributed by atoms with Gasteiger partial charge in [0.05, 0.1) is 23.4 Å². The summed E-state index contributed by atoms with van der Waals surface area (Å²) in [4.78, 5) is 20.5. The van der Waals surface area contributed by atoms with Crippen molar-refractivity contribution in [3.63, 3.8) is 0 Å². The van der Waals surface area contributed by atoms with E-state index >= 15 is 0 Å². The molecule has 1 amide bonds. The van der Waals surface area contributed by atoms with Crippen molar-refractivity contribution in [2.24, 2.45) is 0 Å². The number of amides is 1. The topological polar surface area (TPSA) is 83.5 Å². The third-order valence-electron chi connectivity index (χ3n) is 4.02. The predicted molar refractivity (Wildman–Crippen MR) is 99.6 cm³/mol. The number of para-hydroxylation sites is 1. The Kier molecular flexibility index (Phi) is 6.58. The summed E-state index contributed by atoms with van der Waals surface area (Å²) >= 11 is 6.38. The van der Waals surface area contributed by atoms with Crippen molar-refractivity contribution >= 4 is 34.1 Å². The number of rotatable bonds is 8. The van der Waals surface area contributed by atoms with Crippen LogP contribution in [0.1, 0.15) is 32.8 Å². The van der Waals surface area contributed by atoms with Crippen LogP contribution in [0.15, 0.2) is 24.3 Å². The Morgan fingerprint density at radius 1 is 1.40 bits per heavy atom. The number of pyridine rings is 1. The molecule has 1 aromatic carbocycles. The highest BCUT2D eigenvalue weighted by Crippen LogP contribution is 2.32. The minimum absolute atomic E-state index is 0.262. The molecule has 1 heterocycles. The van der Waals surface area contributed by atoms with Crippen molar-refractivity contribution in [2.45, 2.75) is 39.2 Å². The average molecular weight is 366 g/mol. The van der Waals surface area contributed by atoms with E-state index in [1.165, 1.54) is 6.92 Å². The zero-order chi connectivity index (χ0) is 18.4. The van der Waals surface area contributed by atoms with Crippen LogP contribution < -0.4 is 10.8 Å². The third-order valence-corrected chi connectivity index (χ3v) is 4.33. The molecule has 136 valence electrons. The molecule has 1 atom stereocenters. The fourth-order valence-electron chi connectivity index (χ4n) is 2.36. The maximum Gasteiger partial charge on any atom is 0.240 e. The number of anilines is 1. The van der Waals surface area contributed by atoms with Gasteiger partial charge in [0, 0.05) is 30.8 Å². The van der Waals surface area contributed by atoms with Crippen molar-refractivity contribution in [1.29, 1.82) is 0 Å². The molecule has 0 saturated heterocycles. The quantitative estimate of drug-likeness (QED) is 0.380. The summed E-state index contributed by atoms with van der Waals surface area (Å²) < 4.78 is 0. The molecular formula is C18H24ClN3O3. The van der Waals surface area contributed by atoms with E-state index in [0.717, 1.165) is 22.2 Å². The zero-order valence-electron chi connectivity index (χ0n) is 14.7. The standard InChI is InChI=1S/C18H24ClN3O3/c1-4-18(3,24)11-20-16-13-7-5-6-8-15(13)21-17(19)14(16)9-10-25-22-12(2)23/h5-8,24H,4,9-11H2,1-3H3,(H,20,21)(H,22,23). The van der Waals surface area contributed by atoms with Gasteiger partial charge in [-0.15, -0.1) is 0 Å². The van der Waals surface area contributed by atoms with Gasteiger partial charge in [-0.2, -0.15) is 0 Å². The molecule has 0 aliphatic heterocycles. The number of fused-ring (bicyclic) bond motifs is 1. The molecule has 0 radical (unpaired) electrons. The van der Waals surface area contributed by atoms with Gasteiger partial charge in [-0.1, -0.05) is 36.7 Å². The molecule has 0 saturated carbocycles. The second-order valence-electron chi connectivity index (χ2n) is 6.23. The summed E-state index contributed by atoms with van der Waals surface area (Å²) in [6.45, 7) is 5.74. The molecule has 25 heavy (non-hydrogen) atoms. The lowest BCUT2D eigenvalue weighted by Gasteiger charge is -2.24. The maximum absolute atomic E-state index is 10.9. The first kappa shape index (κ1) is 19.4. The van der Waals surface area contributed by atoms with E-state index in [2.05, 4.69) is 15.8 Å². The van der Waals surface area contributed by atoms with Crippen molar-refractivity contribution in [3.05, 3.63) is 35.0 Å². The molecule has 7 heteroatoms. The highest BCUT2D eigenvalue weighted by atomic mass is 35.5. The Morgan fingerprint density at radius 2 is 2.12 bits per heavy atom. The van der Waals surface area contributed by atoms with E-state index in [-0.39, 0.29) is 12.5 Å². The fraction of sp³-hybridized carbons (Fsp3) is 0.444. The minimum atomic E-state index is -0.833. The number of aromatic nitrogens is 1. The van der Waals surface area contributed by atoms with Gasteiger partial charge < -0.3 is 10.4 Å². The van der Waals surface area contributed by atoms with Gasteiger partial charge >= 0.3 is 0 Å². The number of hydroxylamine groups is 1. The summed E-state index contributed by atoms with van der Waals surface area (Å²) in [6, 6.07) is 7.68. The van der Waals surface area contributed by atoms with Gasteiger partial charge in [0.25, 0.3) is 0 Å². The maximum atomic E-state index is 10.9. The number of benzene rings is 1. The monoisotopic (exact) mass is 365 g/mol. The molecule has 6 nitrogen and oxygen atoms in total. The van der Waals surface area contributed by atoms with Crippen LogP contribution in [0.5, 0.6) is 0 Å². The SMILES string of the molecule is CCC(C)(O)CNc1c(CCONC(C)=O)c(Cl)nc2ccccc12. The number of hydrogen-bond acceptors (Lipinski definition) is 5. The summed E-state index contributed by atoms with van der Waals surface area (Å²) in [5.41, 5.74) is 3.86. The Balaban J connectivity index is 2.32. The number of aliphatic hydroxyl groups is 1. The number of halogens is 1. The smallest absolute Gasteiger partial charge is 0.240 e. The summed E-state index contributed by atoms with van der Waals surface area (Å²) in [6.07, 6.45) is 1.09. The Bertz CT molecular complexity index is 750. The van der Waals surface area contributed by atoms with Crippen LogP contribution in [-0.4, -0.2) is 34.8 Å². The normalized spacial score (nSPS) is 13.5. The first-order valence-electron chi connectivity index (χ1n) is 8.26. The lowest BCUT2D eigenvalue weighted by molar-refractivity contribution is -0.131. The zero-order valence-corrected chi connectivity index (χ0v) is 15.5. The lowest BCUT2D eigenvalue weighted by atomic mass is 10.0. The van der Waals surface area contributed by atoms with E-state index in [0.29, 0.717) is 24.5 Å².